The van der Waals surface area contributed by atoms with Crippen LogP contribution in [0.5, 0.6) is 0 Å². The van der Waals surface area contributed by atoms with Crippen LogP contribution in [0.2, 0.25) is 0 Å². The molecule has 23 nitrogen and oxygen atoms in total. The third kappa shape index (κ3) is 8.63. The number of rotatable bonds is 8. The van der Waals surface area contributed by atoms with Crippen molar-refractivity contribution in [2.45, 2.75) is 166 Å². The molecule has 0 spiro atoms. The van der Waals surface area contributed by atoms with Crippen LogP contribution < -0.4 is 0 Å². The SMILES string of the molecule is C=C1c2cc3c(cc2C(=O)N1C(C)C)C(=O)N(C(C)C)C3=O.CC(C)N1C(=O)C2C(C1=O)C1C(=O)N(C(C)C)C(=O)C21.CC(C)N1C(=O)C2C3C=CC(C2C1=O)C1C(=O)N(C(C)C)C(=O)C31.CC(C)N1C(=O)C2CC3C(=O)N(C(C)C)C(=O)C3C2C1=O. The van der Waals surface area contributed by atoms with Crippen LogP contribution in [0.3, 0.4) is 0 Å². The molecule has 23 heteroatoms. The first-order valence-corrected chi connectivity index (χ1v) is 30.6. The Morgan fingerprint density at radius 3 is 0.747 bits per heavy atom. The summed E-state index contributed by atoms with van der Waals surface area (Å²) in [6, 6.07) is 1.67. The molecule has 13 aliphatic rings. The first-order chi connectivity index (χ1) is 40.6. The van der Waals surface area contributed by atoms with Crippen molar-refractivity contribution in [3.8, 4) is 0 Å². The molecule has 14 rings (SSSR count). The fourth-order valence-corrected chi connectivity index (χ4v) is 16.4. The average molecular weight is 1200 g/mol. The molecule has 1 aromatic rings. The summed E-state index contributed by atoms with van der Waals surface area (Å²) in [7, 11) is 0. The Morgan fingerprint density at radius 2 is 0.483 bits per heavy atom. The fraction of sp³-hybridized carbons (Fsp3) is 0.609. The number of carbonyl (C=O) groups excluding carboxylic acids is 15. The fourth-order valence-electron chi connectivity index (χ4n) is 16.4. The molecule has 464 valence electrons. The Kier molecular flexibility index (Phi) is 15.4. The van der Waals surface area contributed by atoms with E-state index in [4.69, 9.17) is 0 Å². The van der Waals surface area contributed by atoms with Crippen LogP contribution in [0.15, 0.2) is 30.9 Å². The monoisotopic (exact) mass is 1200 g/mol. The Labute approximate surface area is 505 Å². The second-order valence-electron chi connectivity index (χ2n) is 27.3. The summed E-state index contributed by atoms with van der Waals surface area (Å²) in [4.78, 5) is 198. The van der Waals surface area contributed by atoms with Gasteiger partial charge in [0, 0.05) is 71.4 Å². The molecule has 9 fully saturated rings. The van der Waals surface area contributed by atoms with E-state index >= 15 is 0 Å². The van der Waals surface area contributed by atoms with Crippen molar-refractivity contribution in [3.63, 3.8) is 0 Å². The minimum absolute atomic E-state index is 0.0270. The number of imide groups is 7. The second kappa shape index (κ2) is 21.5. The topological polar surface area (TPSA) is 282 Å². The Balaban J connectivity index is 0.000000129. The molecular weight excluding hydrogens is 1120 g/mol. The van der Waals surface area contributed by atoms with Crippen molar-refractivity contribution in [2.75, 3.05) is 0 Å². The third-order valence-electron chi connectivity index (χ3n) is 19.9. The van der Waals surface area contributed by atoms with Gasteiger partial charge in [0.05, 0.1) is 87.7 Å². The van der Waals surface area contributed by atoms with E-state index in [1.54, 1.807) is 86.3 Å². The molecule has 8 unspecified atom stereocenters. The lowest BCUT2D eigenvalue weighted by atomic mass is 9.54. The van der Waals surface area contributed by atoms with Gasteiger partial charge in [0.2, 0.25) is 70.9 Å². The minimum Gasteiger partial charge on any atom is -0.306 e. The van der Waals surface area contributed by atoms with E-state index in [0.29, 0.717) is 34.4 Å². The van der Waals surface area contributed by atoms with Gasteiger partial charge >= 0.3 is 0 Å². The first-order valence-electron chi connectivity index (χ1n) is 30.6. The Bertz CT molecular complexity index is 3050. The van der Waals surface area contributed by atoms with Gasteiger partial charge in [-0.15, -0.1) is 0 Å². The molecule has 8 heterocycles. The zero-order valence-corrected chi connectivity index (χ0v) is 52.1. The predicted molar refractivity (Wildman–Crippen MR) is 307 cm³/mol. The van der Waals surface area contributed by atoms with Crippen LogP contribution in [0, 0.1) is 82.9 Å². The van der Waals surface area contributed by atoms with Crippen LogP contribution in [0.25, 0.3) is 5.70 Å². The second-order valence-corrected chi connectivity index (χ2v) is 27.3. The van der Waals surface area contributed by atoms with E-state index in [-0.39, 0.29) is 149 Å². The van der Waals surface area contributed by atoms with E-state index in [9.17, 15) is 71.9 Å². The lowest BCUT2D eigenvalue weighted by Crippen LogP contribution is -2.50. The number of likely N-dealkylation sites (tertiary alicyclic amines) is 6. The van der Waals surface area contributed by atoms with Gasteiger partial charge in [-0.2, -0.15) is 0 Å². The largest absolute Gasteiger partial charge is 0.306 e. The highest BCUT2D eigenvalue weighted by Crippen LogP contribution is 2.59. The lowest BCUT2D eigenvalue weighted by molar-refractivity contribution is -0.146. The number of allylic oxidation sites excluding steroid dienone is 2. The van der Waals surface area contributed by atoms with Crippen LogP contribution in [0.4, 0.5) is 0 Å². The van der Waals surface area contributed by atoms with Crippen LogP contribution in [0.1, 0.15) is 154 Å². The zero-order valence-electron chi connectivity index (χ0n) is 52.1. The molecule has 87 heavy (non-hydrogen) atoms. The predicted octanol–water partition coefficient (Wildman–Crippen LogP) is 3.78. The maximum absolute atomic E-state index is 12.8. The van der Waals surface area contributed by atoms with Crippen LogP contribution in [-0.4, -0.2) is 176 Å². The molecule has 8 atom stereocenters. The number of fused-ring (bicyclic) bond motifs is 9. The average Bonchev–Trinajstić information content (AvgIpc) is 1.59. The first kappa shape index (κ1) is 62.2. The van der Waals surface area contributed by atoms with Gasteiger partial charge in [-0.05, 0) is 129 Å². The van der Waals surface area contributed by atoms with E-state index in [2.05, 4.69) is 6.58 Å². The summed E-state index contributed by atoms with van der Waals surface area (Å²) in [5.74, 6) is -11.0. The highest BCUT2D eigenvalue weighted by atomic mass is 16.2. The standard InChI is InChI=1S/C18H22N2O4.C17H18N2O3.C15H20N2O4.C14H18N2O4/c1-7(2)19-15(21)11-9-5-6-10(12(11)16(19)22)14-13(9)17(23)20(8(3)4)18(14)24;1-8(2)18-10(5)11-6-13-14(7-12(11)15(18)20)17(22)19(9(3)4)16(13)21;1-6(2)16-12(18)8-5-9-11(10(8)14(16)20)15(21)17(7(3)4)13(9)19;1-5(2)15-11(17)7-8(12(15)18)10-9(7)13(19)16(6(3)4)14(10)20/h5-14H,1-4H3;6-9H,5H2,1-4H3;6-11H,5H2,1-4H3;5-10H,1-4H3. The van der Waals surface area contributed by atoms with Crippen molar-refractivity contribution in [3.05, 3.63) is 53.1 Å². The maximum atomic E-state index is 12.8. The van der Waals surface area contributed by atoms with Gasteiger partial charge in [-0.1, -0.05) is 18.7 Å². The van der Waals surface area contributed by atoms with Gasteiger partial charge in [0.25, 0.3) is 17.7 Å². The van der Waals surface area contributed by atoms with Crippen molar-refractivity contribution >= 4 is 94.3 Å². The van der Waals surface area contributed by atoms with E-state index in [1.165, 1.54) is 34.3 Å². The quantitative estimate of drug-likeness (QED) is 0.265. The molecule has 2 bridgehead atoms. The highest BCUT2D eigenvalue weighted by Gasteiger charge is 2.74. The molecule has 0 radical (unpaired) electrons. The smallest absolute Gasteiger partial charge is 0.261 e. The molecule has 5 aliphatic carbocycles. The lowest BCUT2D eigenvalue weighted by Gasteiger charge is -2.44. The number of nitrogens with zero attached hydrogens (tertiary/aromatic N) is 8. The van der Waals surface area contributed by atoms with E-state index < -0.39 is 71.0 Å². The zero-order chi connectivity index (χ0) is 64.4. The number of hydrogen-bond donors (Lipinski definition) is 0. The number of hydrogen-bond acceptors (Lipinski definition) is 15. The Hall–Kier alpha value is -7.85. The van der Waals surface area contributed by atoms with E-state index in [1.807, 2.05) is 53.7 Å². The van der Waals surface area contributed by atoms with Crippen molar-refractivity contribution in [1.29, 1.82) is 0 Å². The molecule has 8 aliphatic heterocycles. The summed E-state index contributed by atoms with van der Waals surface area (Å²) in [6.45, 7) is 32.8. The normalized spacial score (nSPS) is 32.4. The summed E-state index contributed by atoms with van der Waals surface area (Å²) < 4.78 is 0. The number of amides is 15. The summed E-state index contributed by atoms with van der Waals surface area (Å²) in [5.41, 5.74) is 2.34. The number of carbonyl (C=O) groups is 15. The third-order valence-corrected chi connectivity index (χ3v) is 19.9. The summed E-state index contributed by atoms with van der Waals surface area (Å²) >= 11 is 0. The molecule has 6 saturated heterocycles. The highest BCUT2D eigenvalue weighted by molar-refractivity contribution is 6.24. The minimum atomic E-state index is -0.634. The van der Waals surface area contributed by atoms with Gasteiger partial charge in [0.1, 0.15) is 0 Å². The van der Waals surface area contributed by atoms with Crippen molar-refractivity contribution in [1.82, 2.24) is 39.2 Å². The van der Waals surface area contributed by atoms with E-state index in [0.717, 1.165) is 0 Å². The van der Waals surface area contributed by atoms with Gasteiger partial charge in [0.15, 0.2) is 0 Å². The summed E-state index contributed by atoms with van der Waals surface area (Å²) in [6.07, 6.45) is 4.13. The van der Waals surface area contributed by atoms with Crippen LogP contribution in [-0.2, 0) is 57.5 Å². The van der Waals surface area contributed by atoms with Crippen molar-refractivity contribution in [2.24, 2.45) is 82.9 Å². The van der Waals surface area contributed by atoms with Gasteiger partial charge < -0.3 is 4.90 Å². The number of benzene rings is 1. The Morgan fingerprint density at radius 1 is 0.276 bits per heavy atom. The molecule has 3 saturated carbocycles. The summed E-state index contributed by atoms with van der Waals surface area (Å²) in [5, 5.41) is 0. The van der Waals surface area contributed by atoms with Gasteiger partial charge in [-0.3, -0.25) is 106 Å². The van der Waals surface area contributed by atoms with Gasteiger partial charge in [-0.25, -0.2) is 0 Å². The molecule has 0 N–H and O–H groups in total. The maximum Gasteiger partial charge on any atom is 0.261 e. The molecule has 1 aromatic carbocycles. The molecule has 0 aromatic heterocycles. The molecular formula is C64H78N8O15. The molecule has 15 amide bonds. The van der Waals surface area contributed by atoms with Crippen LogP contribution >= 0.6 is 0 Å². The van der Waals surface area contributed by atoms with Crippen molar-refractivity contribution < 1.29 is 71.9 Å².